The van der Waals surface area contributed by atoms with Crippen LogP contribution in [0.5, 0.6) is 5.75 Å². The van der Waals surface area contributed by atoms with Crippen molar-refractivity contribution in [2.24, 2.45) is 5.73 Å². The molecule has 1 aromatic heterocycles. The molecule has 0 radical (unpaired) electrons. The molecule has 0 spiro atoms. The lowest BCUT2D eigenvalue weighted by molar-refractivity contribution is 0.414. The number of methoxy groups -OCH3 is 1. The fourth-order valence-corrected chi connectivity index (χ4v) is 1.30. The zero-order chi connectivity index (χ0) is 10.7. The van der Waals surface area contributed by atoms with Crippen LogP contribution in [-0.2, 0) is 6.54 Å². The molecule has 1 heterocycles. The molecule has 2 N–H and O–H groups in total. The third-order valence-electron chi connectivity index (χ3n) is 2.14. The van der Waals surface area contributed by atoms with E-state index in [1.165, 1.54) is 0 Å². The third kappa shape index (κ3) is 2.53. The minimum Gasteiger partial charge on any atom is -0.497 e. The second kappa shape index (κ2) is 5.53. The van der Waals surface area contributed by atoms with Crippen LogP contribution in [0.4, 0.5) is 0 Å². The molecule has 16 heavy (non-hydrogen) atoms. The first-order valence-electron chi connectivity index (χ1n) is 4.63. The highest BCUT2D eigenvalue weighted by atomic mass is 35.5. The van der Waals surface area contributed by atoms with Gasteiger partial charge in [0.25, 0.3) is 0 Å². The fraction of sp³-hybridized carbons (Fsp3) is 0.182. The maximum Gasteiger partial charge on any atom is 0.167 e. The molecule has 0 aliphatic heterocycles. The van der Waals surface area contributed by atoms with Crippen molar-refractivity contribution in [1.29, 1.82) is 0 Å². The summed E-state index contributed by atoms with van der Waals surface area (Å²) in [5.41, 5.74) is 7.16. The molecule has 0 bridgehead atoms. The van der Waals surface area contributed by atoms with Crippen molar-refractivity contribution in [2.45, 2.75) is 6.54 Å². The number of aromatic nitrogens is 1. The predicted molar refractivity (Wildman–Crippen MR) is 63.6 cm³/mol. The first-order valence-corrected chi connectivity index (χ1v) is 4.63. The second-order valence-electron chi connectivity index (χ2n) is 3.12. The summed E-state index contributed by atoms with van der Waals surface area (Å²) in [6.45, 7) is 0.389. The van der Waals surface area contributed by atoms with Gasteiger partial charge in [-0.1, -0.05) is 5.16 Å². The normalized spacial score (nSPS) is 9.62. The molecular weight excluding hydrogens is 228 g/mol. The number of nitrogens with zero attached hydrogens (tertiary/aromatic N) is 1. The van der Waals surface area contributed by atoms with E-state index in [9.17, 15) is 0 Å². The number of benzene rings is 1. The zero-order valence-corrected chi connectivity index (χ0v) is 9.66. The third-order valence-corrected chi connectivity index (χ3v) is 2.14. The smallest absolute Gasteiger partial charge is 0.167 e. The van der Waals surface area contributed by atoms with Crippen molar-refractivity contribution in [3.8, 4) is 17.1 Å². The van der Waals surface area contributed by atoms with Crippen molar-refractivity contribution >= 4 is 12.4 Å². The van der Waals surface area contributed by atoms with Crippen molar-refractivity contribution in [3.05, 3.63) is 36.0 Å². The minimum atomic E-state index is 0. The second-order valence-corrected chi connectivity index (χ2v) is 3.12. The lowest BCUT2D eigenvalue weighted by atomic mass is 10.1. The Hall–Kier alpha value is -1.52. The van der Waals surface area contributed by atoms with Gasteiger partial charge < -0.3 is 15.0 Å². The molecule has 0 aliphatic carbocycles. The zero-order valence-electron chi connectivity index (χ0n) is 8.84. The Morgan fingerprint density at radius 1 is 1.31 bits per heavy atom. The van der Waals surface area contributed by atoms with Gasteiger partial charge in [0.15, 0.2) is 5.76 Å². The summed E-state index contributed by atoms with van der Waals surface area (Å²) in [6.07, 6.45) is 0. The first-order chi connectivity index (χ1) is 7.33. The number of ether oxygens (including phenoxy) is 1. The Bertz CT molecular complexity index is 440. The molecule has 2 aromatic rings. The summed E-state index contributed by atoms with van der Waals surface area (Å²) in [5.74, 6) is 1.54. The Labute approximate surface area is 99.8 Å². The Morgan fingerprint density at radius 2 is 2.00 bits per heavy atom. The van der Waals surface area contributed by atoms with Crippen LogP contribution in [0.25, 0.3) is 11.3 Å². The van der Waals surface area contributed by atoms with Gasteiger partial charge in [0.2, 0.25) is 0 Å². The van der Waals surface area contributed by atoms with E-state index in [4.69, 9.17) is 15.0 Å². The number of halogens is 1. The van der Waals surface area contributed by atoms with Crippen LogP contribution in [0, 0.1) is 0 Å². The van der Waals surface area contributed by atoms with Gasteiger partial charge in [0.05, 0.1) is 12.8 Å². The van der Waals surface area contributed by atoms with Crippen molar-refractivity contribution in [2.75, 3.05) is 7.11 Å². The molecule has 0 saturated heterocycles. The topological polar surface area (TPSA) is 61.3 Å². The molecule has 0 fully saturated rings. The molecular formula is C11H13ClN2O2. The Balaban J connectivity index is 0.00000128. The summed E-state index contributed by atoms with van der Waals surface area (Å²) in [5, 5.41) is 3.82. The number of hydrogen-bond acceptors (Lipinski definition) is 4. The maximum absolute atomic E-state index is 5.44. The Kier molecular flexibility index (Phi) is 4.34. The summed E-state index contributed by atoms with van der Waals surface area (Å²) >= 11 is 0. The predicted octanol–water partition coefficient (Wildman–Crippen LogP) is 2.23. The fourth-order valence-electron chi connectivity index (χ4n) is 1.30. The van der Waals surface area contributed by atoms with Crippen molar-refractivity contribution in [1.82, 2.24) is 5.16 Å². The molecule has 0 amide bonds. The van der Waals surface area contributed by atoms with E-state index in [1.807, 2.05) is 30.3 Å². The van der Waals surface area contributed by atoms with E-state index in [-0.39, 0.29) is 12.4 Å². The van der Waals surface area contributed by atoms with Crippen LogP contribution in [0.15, 0.2) is 34.9 Å². The van der Waals surface area contributed by atoms with Crippen LogP contribution >= 0.6 is 12.4 Å². The van der Waals surface area contributed by atoms with Crippen LogP contribution < -0.4 is 10.5 Å². The molecule has 0 unspecified atom stereocenters. The molecule has 0 aliphatic rings. The lowest BCUT2D eigenvalue weighted by Crippen LogP contribution is -1.94. The standard InChI is InChI=1S/C11H12N2O2.ClH/c1-14-10-4-2-8(3-5-10)11-6-9(7-12)13-15-11;/h2-6H,7,12H2,1H3;1H. The lowest BCUT2D eigenvalue weighted by Gasteiger charge is -1.99. The number of hydrogen-bond donors (Lipinski definition) is 1. The monoisotopic (exact) mass is 240 g/mol. The minimum absolute atomic E-state index is 0. The van der Waals surface area contributed by atoms with Crippen LogP contribution in [-0.4, -0.2) is 12.3 Å². The summed E-state index contributed by atoms with van der Waals surface area (Å²) in [6, 6.07) is 9.42. The van der Waals surface area contributed by atoms with Gasteiger partial charge in [-0.05, 0) is 24.3 Å². The van der Waals surface area contributed by atoms with E-state index in [1.54, 1.807) is 7.11 Å². The van der Waals surface area contributed by atoms with Gasteiger partial charge in [0.1, 0.15) is 5.75 Å². The number of rotatable bonds is 3. The van der Waals surface area contributed by atoms with E-state index < -0.39 is 0 Å². The van der Waals surface area contributed by atoms with Crippen molar-refractivity contribution < 1.29 is 9.26 Å². The number of nitrogens with two attached hydrogens (primary N) is 1. The maximum atomic E-state index is 5.44. The van der Waals surface area contributed by atoms with Crippen LogP contribution in [0.1, 0.15) is 5.69 Å². The molecule has 5 heteroatoms. The molecule has 0 atom stereocenters. The van der Waals surface area contributed by atoms with E-state index in [2.05, 4.69) is 5.16 Å². The highest BCUT2D eigenvalue weighted by molar-refractivity contribution is 5.85. The molecule has 2 rings (SSSR count). The van der Waals surface area contributed by atoms with Gasteiger partial charge in [-0.2, -0.15) is 0 Å². The van der Waals surface area contributed by atoms with Crippen LogP contribution in [0.2, 0.25) is 0 Å². The highest BCUT2D eigenvalue weighted by Gasteiger charge is 2.05. The van der Waals surface area contributed by atoms with Gasteiger partial charge in [-0.25, -0.2) is 0 Å². The molecule has 1 aromatic carbocycles. The van der Waals surface area contributed by atoms with E-state index in [0.717, 1.165) is 22.8 Å². The van der Waals surface area contributed by atoms with Crippen LogP contribution in [0.3, 0.4) is 0 Å². The quantitative estimate of drug-likeness (QED) is 0.894. The summed E-state index contributed by atoms with van der Waals surface area (Å²) in [4.78, 5) is 0. The van der Waals surface area contributed by atoms with Gasteiger partial charge >= 0.3 is 0 Å². The molecule has 4 nitrogen and oxygen atoms in total. The van der Waals surface area contributed by atoms with E-state index >= 15 is 0 Å². The highest BCUT2D eigenvalue weighted by Crippen LogP contribution is 2.22. The summed E-state index contributed by atoms with van der Waals surface area (Å²) < 4.78 is 10.2. The van der Waals surface area contributed by atoms with Gasteiger partial charge in [-0.15, -0.1) is 12.4 Å². The summed E-state index contributed by atoms with van der Waals surface area (Å²) in [7, 11) is 1.63. The Morgan fingerprint density at radius 3 is 2.50 bits per heavy atom. The van der Waals surface area contributed by atoms with Crippen molar-refractivity contribution in [3.63, 3.8) is 0 Å². The molecule has 0 saturated carbocycles. The average molecular weight is 241 g/mol. The van der Waals surface area contributed by atoms with E-state index in [0.29, 0.717) is 6.54 Å². The van der Waals surface area contributed by atoms with Gasteiger partial charge in [0, 0.05) is 18.2 Å². The van der Waals surface area contributed by atoms with Gasteiger partial charge in [-0.3, -0.25) is 0 Å². The average Bonchev–Trinajstić information content (AvgIpc) is 2.78. The first kappa shape index (κ1) is 12.5. The SMILES string of the molecule is COc1ccc(-c2cc(CN)no2)cc1.Cl. The largest absolute Gasteiger partial charge is 0.497 e. The molecule has 86 valence electrons.